The summed E-state index contributed by atoms with van der Waals surface area (Å²) in [5.74, 6) is -4.19. The maximum atomic E-state index is 13.6. The Balaban J connectivity index is 0.00000256. The molecule has 0 aromatic rings. The van der Waals surface area contributed by atoms with Crippen LogP contribution in [0.4, 0.5) is 4.39 Å². The number of aliphatic carboxylic acids is 1. The number of allylic oxidation sites excluding steroid dienone is 1. The summed E-state index contributed by atoms with van der Waals surface area (Å²) in [6.45, 7) is -0.607. The maximum Gasteiger partial charge on any atom is 1.00 e. The van der Waals surface area contributed by atoms with Crippen LogP contribution in [-0.2, 0) is 4.79 Å². The molecule has 0 aliphatic heterocycles. The van der Waals surface area contributed by atoms with Crippen LogP contribution in [0.3, 0.4) is 0 Å². The van der Waals surface area contributed by atoms with E-state index < -0.39 is 29.7 Å². The Morgan fingerprint density at radius 3 is 2.76 bits per heavy atom. The first-order valence-electron chi connectivity index (χ1n) is 4.21. The molecule has 17 heavy (non-hydrogen) atoms. The summed E-state index contributed by atoms with van der Waals surface area (Å²) in [5.41, 5.74) is -0.128. The Morgan fingerprint density at radius 1 is 1.71 bits per heavy atom. The Labute approximate surface area is 123 Å². The van der Waals surface area contributed by atoms with Gasteiger partial charge in [0, 0.05) is 0 Å². The van der Waals surface area contributed by atoms with Gasteiger partial charge in [0.05, 0.1) is 40.7 Å². The predicted octanol–water partition coefficient (Wildman–Crippen LogP) is -3.32. The molecule has 0 bridgehead atoms. The number of carbonyl (C=O) groups excluding carboxylic acids is 1. The van der Waals surface area contributed by atoms with Crippen molar-refractivity contribution in [3.8, 4) is 0 Å². The van der Waals surface area contributed by atoms with Crippen molar-refractivity contribution in [2.24, 2.45) is 0 Å². The normalized spacial score (nSPS) is 22.9. The smallest absolute Gasteiger partial charge is 0.548 e. The summed E-state index contributed by atoms with van der Waals surface area (Å²) >= 11 is 5.63. The van der Waals surface area contributed by atoms with E-state index in [4.69, 9.17) is 11.6 Å². The summed E-state index contributed by atoms with van der Waals surface area (Å²) < 4.78 is 13.6. The van der Waals surface area contributed by atoms with Crippen LogP contribution in [0.25, 0.3) is 0 Å². The van der Waals surface area contributed by atoms with Gasteiger partial charge in [-0.25, -0.2) is 0 Å². The molecule has 0 aromatic carbocycles. The second-order valence-corrected chi connectivity index (χ2v) is 3.52. The molecule has 1 unspecified atom stereocenters. The van der Waals surface area contributed by atoms with E-state index in [-0.39, 0.29) is 40.3 Å². The van der Waals surface area contributed by atoms with E-state index in [1.54, 1.807) is 0 Å². The molecule has 1 N–H and O–H groups in total. The van der Waals surface area contributed by atoms with Gasteiger partial charge in [-0.3, -0.25) is 10.1 Å². The molecule has 0 fully saturated rings. The Bertz CT molecular complexity index is 401. The summed E-state index contributed by atoms with van der Waals surface area (Å²) in [5, 5.41) is 22.9. The molecule has 0 saturated carbocycles. The van der Waals surface area contributed by atoms with E-state index in [9.17, 15) is 24.4 Å². The van der Waals surface area contributed by atoms with Gasteiger partial charge in [0.15, 0.2) is 0 Å². The first-order valence-corrected chi connectivity index (χ1v) is 4.59. The molecular formula is C8H7ClFN2NaO4. The van der Waals surface area contributed by atoms with Crippen LogP contribution in [0.2, 0.25) is 0 Å². The van der Waals surface area contributed by atoms with Crippen molar-refractivity contribution in [2.75, 3.05) is 6.54 Å². The van der Waals surface area contributed by atoms with Crippen molar-refractivity contribution in [2.45, 2.75) is 12.2 Å². The van der Waals surface area contributed by atoms with Gasteiger partial charge in [0.25, 0.3) is 0 Å². The molecule has 1 aliphatic rings. The second-order valence-electron chi connectivity index (χ2n) is 3.12. The third-order valence-electron chi connectivity index (χ3n) is 1.92. The SMILES string of the molecule is O=C([O-])CNC1=CC(F)([N+](=O)[O-])CC=C1Cl.[Na+]. The number of carboxylic acid groups (broad SMARTS) is 1. The van der Waals surface area contributed by atoms with Gasteiger partial charge in [0.1, 0.15) is 0 Å². The van der Waals surface area contributed by atoms with Crippen LogP contribution >= 0.6 is 11.6 Å². The maximum absolute atomic E-state index is 13.6. The minimum atomic E-state index is -2.76. The first-order chi connectivity index (χ1) is 7.35. The summed E-state index contributed by atoms with van der Waals surface area (Å²) in [4.78, 5) is 19.5. The van der Waals surface area contributed by atoms with Crippen molar-refractivity contribution < 1.29 is 48.8 Å². The van der Waals surface area contributed by atoms with Gasteiger partial charge in [-0.1, -0.05) is 17.7 Å². The van der Waals surface area contributed by atoms with E-state index in [1.165, 1.54) is 0 Å². The van der Waals surface area contributed by atoms with Crippen LogP contribution in [0.5, 0.6) is 0 Å². The topological polar surface area (TPSA) is 95.3 Å². The Hall–Kier alpha value is -0.630. The zero-order valence-electron chi connectivity index (χ0n) is 8.91. The zero-order chi connectivity index (χ0) is 12.3. The van der Waals surface area contributed by atoms with Crippen LogP contribution in [0.15, 0.2) is 22.9 Å². The first kappa shape index (κ1) is 16.4. The molecule has 9 heteroatoms. The largest absolute Gasteiger partial charge is 1.00 e. The van der Waals surface area contributed by atoms with E-state index >= 15 is 0 Å². The quantitative estimate of drug-likeness (QED) is 0.250. The standard InChI is InChI=1S/C8H8ClFN2O4.Na/c9-5-1-2-8(10,12(15)16)3-6(5)11-4-7(13)14;/h1,3,11H,2,4H2,(H,13,14);/q;+1/p-1. The van der Waals surface area contributed by atoms with Gasteiger partial charge < -0.3 is 15.2 Å². The third kappa shape index (κ3) is 4.27. The third-order valence-corrected chi connectivity index (χ3v) is 2.27. The van der Waals surface area contributed by atoms with Crippen molar-refractivity contribution in [1.82, 2.24) is 5.32 Å². The van der Waals surface area contributed by atoms with Crippen molar-refractivity contribution in [3.63, 3.8) is 0 Å². The molecule has 1 rings (SSSR count). The van der Waals surface area contributed by atoms with Crippen LogP contribution in [-0.4, -0.2) is 23.2 Å². The van der Waals surface area contributed by atoms with E-state index in [0.29, 0.717) is 6.08 Å². The molecule has 6 nitrogen and oxygen atoms in total. The van der Waals surface area contributed by atoms with E-state index in [2.05, 4.69) is 5.32 Å². The van der Waals surface area contributed by atoms with Crippen molar-refractivity contribution in [1.29, 1.82) is 0 Å². The molecule has 0 saturated heterocycles. The second kappa shape index (κ2) is 6.34. The number of hydrogen-bond acceptors (Lipinski definition) is 5. The molecule has 0 aromatic heterocycles. The predicted molar refractivity (Wildman–Crippen MR) is 50.5 cm³/mol. The molecule has 0 heterocycles. The Kier molecular flexibility index (Phi) is 6.11. The minimum Gasteiger partial charge on any atom is -0.548 e. The number of nitrogens with one attached hydrogen (secondary N) is 1. The van der Waals surface area contributed by atoms with Gasteiger partial charge in [-0.2, -0.15) is 4.39 Å². The number of halogens is 2. The zero-order valence-corrected chi connectivity index (χ0v) is 11.7. The summed E-state index contributed by atoms with van der Waals surface area (Å²) in [7, 11) is 0. The average molecular weight is 273 g/mol. The summed E-state index contributed by atoms with van der Waals surface area (Å²) in [6, 6.07) is 0. The number of carboxylic acids is 1. The van der Waals surface area contributed by atoms with Crippen molar-refractivity contribution in [3.05, 3.63) is 33.0 Å². The van der Waals surface area contributed by atoms with Gasteiger partial charge in [-0.05, 0) is 0 Å². The number of alkyl halides is 1. The van der Waals surface area contributed by atoms with Crippen LogP contribution in [0.1, 0.15) is 6.42 Å². The molecule has 88 valence electrons. The molecule has 0 spiro atoms. The average Bonchev–Trinajstić information content (AvgIpc) is 2.19. The minimum absolute atomic E-state index is 0. The van der Waals surface area contributed by atoms with Gasteiger partial charge >= 0.3 is 35.3 Å². The monoisotopic (exact) mass is 272 g/mol. The number of nitro groups is 1. The molecule has 1 atom stereocenters. The van der Waals surface area contributed by atoms with E-state index in [1.807, 2.05) is 0 Å². The molecule has 1 aliphatic carbocycles. The van der Waals surface area contributed by atoms with Crippen LogP contribution in [0, 0.1) is 10.1 Å². The summed E-state index contributed by atoms with van der Waals surface area (Å²) in [6.07, 6.45) is 1.27. The van der Waals surface area contributed by atoms with Gasteiger partial charge in [-0.15, -0.1) is 0 Å². The molecular weight excluding hydrogens is 266 g/mol. The number of nitrogens with zero attached hydrogens (tertiary/aromatic N) is 1. The Morgan fingerprint density at radius 2 is 2.29 bits per heavy atom. The number of carbonyl (C=O) groups is 1. The molecule has 0 radical (unpaired) electrons. The fraction of sp³-hybridized carbons (Fsp3) is 0.375. The fourth-order valence-corrected chi connectivity index (χ4v) is 1.32. The molecule has 0 amide bonds. The van der Waals surface area contributed by atoms with Crippen molar-refractivity contribution >= 4 is 17.6 Å². The van der Waals surface area contributed by atoms with E-state index in [0.717, 1.165) is 6.08 Å². The number of rotatable bonds is 4. The van der Waals surface area contributed by atoms with Crippen LogP contribution < -0.4 is 40.0 Å². The fourth-order valence-electron chi connectivity index (χ4n) is 1.12. The number of hydrogen-bond donors (Lipinski definition) is 1. The van der Waals surface area contributed by atoms with Gasteiger partial charge in [0.2, 0.25) is 0 Å².